The van der Waals surface area contributed by atoms with Crippen molar-refractivity contribution in [2.75, 3.05) is 0 Å². The molecule has 0 spiro atoms. The fourth-order valence-electron chi connectivity index (χ4n) is 6.29. The van der Waals surface area contributed by atoms with Gasteiger partial charge in [-0.2, -0.15) is 0 Å². The second kappa shape index (κ2) is 19.0. The molecule has 9 N–H and O–H groups in total. The maximum absolute atomic E-state index is 12.3. The van der Waals surface area contributed by atoms with Gasteiger partial charge in [-0.05, 0) is 33.1 Å². The molecule has 0 aliphatic carbocycles. The van der Waals surface area contributed by atoms with Crippen LogP contribution in [0.1, 0.15) is 59.3 Å². The summed E-state index contributed by atoms with van der Waals surface area (Å²) >= 11 is 0. The maximum atomic E-state index is 12.3. The number of carbonyl (C=O) groups is 2. The summed E-state index contributed by atoms with van der Waals surface area (Å²) in [5.74, 6) is -5.69. The zero-order chi connectivity index (χ0) is 36.3. The lowest BCUT2D eigenvalue weighted by Crippen LogP contribution is -2.61. The number of cyclic esters (lactones) is 1. The summed E-state index contributed by atoms with van der Waals surface area (Å²) < 4.78 is 23.1. The molecule has 9 unspecified atom stereocenters. The van der Waals surface area contributed by atoms with Crippen LogP contribution in [-0.4, -0.2) is 121 Å². The Morgan fingerprint density at radius 1 is 0.939 bits per heavy atom. The number of fused-ring (bicyclic) bond motifs is 2. The number of carboxylic acid groups (broad SMARTS) is 1. The standard InChI is InChI=1S/C35H53NO13/c1-4-22-12-9-7-5-6-8-10-14-25(48-34-32(42)30(36)31(41)21(3)47-34)17-27-29(33(43)44)26(39)19-35(45,49-27)18-24(38)16-23(37)13-11-15-28(40)46-20(22)2/h5-12,14-15,20-27,29-32,34,37-39,41-42,45H,4,13,16-19,36H2,1-3H3,(H,43,44)/b7-5+,8-6+,12-9+,14-10+,15-11+/t20?,21-,22?,23?,24?,25?,26?,27?,29?,30+,31-,32+,34+,35?/m1/s1. The Kier molecular flexibility index (Phi) is 15.8. The molecule has 0 aromatic heterocycles. The molecule has 2 saturated heterocycles. The predicted octanol–water partition coefficient (Wildman–Crippen LogP) is 0.739. The van der Waals surface area contributed by atoms with Gasteiger partial charge in [0.2, 0.25) is 0 Å². The van der Waals surface area contributed by atoms with Crippen LogP contribution in [-0.2, 0) is 28.5 Å². The smallest absolute Gasteiger partial charge is 0.330 e. The summed E-state index contributed by atoms with van der Waals surface area (Å²) in [7, 11) is 0. The van der Waals surface area contributed by atoms with E-state index in [0.717, 1.165) is 6.42 Å². The molecule has 3 aliphatic rings. The van der Waals surface area contributed by atoms with Crippen molar-refractivity contribution >= 4 is 11.9 Å². The van der Waals surface area contributed by atoms with Gasteiger partial charge in [0.15, 0.2) is 12.1 Å². The van der Waals surface area contributed by atoms with Gasteiger partial charge in [0.1, 0.15) is 18.1 Å². The van der Waals surface area contributed by atoms with E-state index in [4.69, 9.17) is 24.7 Å². The summed E-state index contributed by atoms with van der Waals surface area (Å²) in [6.07, 6.45) is 4.26. The number of esters is 1. The summed E-state index contributed by atoms with van der Waals surface area (Å²) in [6, 6.07) is -1.09. The molecule has 14 nitrogen and oxygen atoms in total. The van der Waals surface area contributed by atoms with Crippen molar-refractivity contribution in [3.05, 3.63) is 60.8 Å². The van der Waals surface area contributed by atoms with E-state index in [9.17, 15) is 45.3 Å². The largest absolute Gasteiger partial charge is 0.481 e. The van der Waals surface area contributed by atoms with E-state index in [1.54, 1.807) is 50.3 Å². The van der Waals surface area contributed by atoms with Crippen LogP contribution < -0.4 is 5.73 Å². The highest BCUT2D eigenvalue weighted by atomic mass is 16.7. The third-order valence-corrected chi connectivity index (χ3v) is 9.05. The molecule has 14 atom stereocenters. The number of carbonyl (C=O) groups excluding carboxylic acids is 1. The van der Waals surface area contributed by atoms with E-state index < -0.39 is 104 Å². The Labute approximate surface area is 286 Å². The number of hydrogen-bond donors (Lipinski definition) is 8. The fourth-order valence-corrected chi connectivity index (χ4v) is 6.29. The topological polar surface area (TPSA) is 239 Å². The minimum Gasteiger partial charge on any atom is -0.481 e. The van der Waals surface area contributed by atoms with Gasteiger partial charge < -0.3 is 60.4 Å². The van der Waals surface area contributed by atoms with Gasteiger partial charge >= 0.3 is 11.9 Å². The van der Waals surface area contributed by atoms with Crippen LogP contribution in [0.3, 0.4) is 0 Å². The molecule has 3 aliphatic heterocycles. The Bertz CT molecular complexity index is 1220. The Morgan fingerprint density at radius 3 is 2.24 bits per heavy atom. The van der Waals surface area contributed by atoms with E-state index in [2.05, 4.69) is 0 Å². The van der Waals surface area contributed by atoms with E-state index in [1.807, 2.05) is 19.1 Å². The number of aliphatic hydroxyl groups is 6. The highest BCUT2D eigenvalue weighted by molar-refractivity contribution is 5.82. The Hall–Kier alpha value is -2.76. The van der Waals surface area contributed by atoms with Crippen LogP contribution in [0.2, 0.25) is 0 Å². The second-order valence-corrected chi connectivity index (χ2v) is 13.1. The molecule has 0 saturated carbocycles. The SMILES string of the molecule is CCC1/C=C/C=C/C=C/C=C/C(O[C@@H]2O[C@H](C)[C@@H](O)[C@H](N)[C@@H]2O)CC2OC(O)(CC(O)CC(O)C/C=C/C(=O)OC1C)CC(O)C2C(=O)O. The second-order valence-electron chi connectivity index (χ2n) is 13.1. The van der Waals surface area contributed by atoms with Crippen molar-refractivity contribution in [2.45, 2.75) is 132 Å². The molecule has 2 bridgehead atoms. The zero-order valence-electron chi connectivity index (χ0n) is 28.2. The summed E-state index contributed by atoms with van der Waals surface area (Å²) in [5.41, 5.74) is 5.98. The number of hydrogen-bond acceptors (Lipinski definition) is 13. The molecule has 49 heavy (non-hydrogen) atoms. The van der Waals surface area contributed by atoms with Crippen LogP contribution in [0.4, 0.5) is 0 Å². The van der Waals surface area contributed by atoms with Crippen LogP contribution in [0.25, 0.3) is 0 Å². The molecular formula is C35H53NO13. The van der Waals surface area contributed by atoms with Gasteiger partial charge in [0.25, 0.3) is 0 Å². The Morgan fingerprint density at radius 2 is 1.59 bits per heavy atom. The summed E-state index contributed by atoms with van der Waals surface area (Å²) in [4.78, 5) is 24.6. The van der Waals surface area contributed by atoms with Crippen LogP contribution in [0, 0.1) is 11.8 Å². The summed E-state index contributed by atoms with van der Waals surface area (Å²) in [6.45, 7) is 5.32. The van der Waals surface area contributed by atoms with Crippen LogP contribution in [0.5, 0.6) is 0 Å². The zero-order valence-corrected chi connectivity index (χ0v) is 28.2. The molecule has 3 rings (SSSR count). The van der Waals surface area contributed by atoms with Crippen LogP contribution in [0.15, 0.2) is 60.8 Å². The van der Waals surface area contributed by atoms with Gasteiger partial charge in [-0.25, -0.2) is 4.79 Å². The van der Waals surface area contributed by atoms with Gasteiger partial charge in [-0.3, -0.25) is 4.79 Å². The first-order valence-corrected chi connectivity index (χ1v) is 16.8. The summed E-state index contributed by atoms with van der Waals surface area (Å²) in [5, 5.41) is 74.4. The molecule has 14 heteroatoms. The molecule has 2 fully saturated rings. The first kappa shape index (κ1) is 40.7. The Balaban J connectivity index is 1.93. The molecule has 0 radical (unpaired) electrons. The van der Waals surface area contributed by atoms with E-state index in [0.29, 0.717) is 0 Å². The predicted molar refractivity (Wildman–Crippen MR) is 176 cm³/mol. The first-order valence-electron chi connectivity index (χ1n) is 16.8. The van der Waals surface area contributed by atoms with E-state index >= 15 is 0 Å². The maximum Gasteiger partial charge on any atom is 0.330 e. The monoisotopic (exact) mass is 695 g/mol. The normalized spacial score (nSPS) is 45.2. The van der Waals surface area contributed by atoms with Gasteiger partial charge in [-0.15, -0.1) is 0 Å². The lowest BCUT2D eigenvalue weighted by molar-refractivity contribution is -0.308. The van der Waals surface area contributed by atoms with Gasteiger partial charge in [0.05, 0.1) is 48.8 Å². The third kappa shape index (κ3) is 12.2. The fraction of sp³-hybridized carbons (Fsp3) is 0.657. The lowest BCUT2D eigenvalue weighted by Gasteiger charge is -2.45. The first-order chi connectivity index (χ1) is 23.1. The quantitative estimate of drug-likeness (QED) is 0.189. The number of ether oxygens (including phenoxy) is 4. The van der Waals surface area contributed by atoms with E-state index in [-0.39, 0.29) is 25.2 Å². The molecule has 3 heterocycles. The average Bonchev–Trinajstić information content (AvgIpc) is 3.00. The van der Waals surface area contributed by atoms with Crippen molar-refractivity contribution < 1.29 is 64.3 Å². The van der Waals surface area contributed by atoms with Crippen molar-refractivity contribution in [3.63, 3.8) is 0 Å². The minimum absolute atomic E-state index is 0.00132. The van der Waals surface area contributed by atoms with E-state index in [1.165, 1.54) is 12.2 Å². The van der Waals surface area contributed by atoms with Crippen LogP contribution >= 0.6 is 0 Å². The van der Waals surface area contributed by atoms with Crippen molar-refractivity contribution in [1.29, 1.82) is 0 Å². The number of aliphatic carboxylic acids is 1. The van der Waals surface area contributed by atoms with Crippen molar-refractivity contribution in [1.82, 2.24) is 0 Å². The molecule has 0 amide bonds. The number of allylic oxidation sites excluding steroid dienone is 6. The number of nitrogens with two attached hydrogens (primary N) is 1. The van der Waals surface area contributed by atoms with Gasteiger partial charge in [0, 0.05) is 31.3 Å². The highest BCUT2D eigenvalue weighted by Gasteiger charge is 2.50. The van der Waals surface area contributed by atoms with Crippen molar-refractivity contribution in [3.8, 4) is 0 Å². The molecule has 0 aromatic rings. The highest BCUT2D eigenvalue weighted by Crippen LogP contribution is 2.38. The van der Waals surface area contributed by atoms with Crippen molar-refractivity contribution in [2.24, 2.45) is 17.6 Å². The average molecular weight is 696 g/mol. The molecule has 0 aromatic carbocycles. The number of carboxylic acids is 1. The lowest BCUT2D eigenvalue weighted by atomic mass is 9.83. The number of rotatable bonds is 4. The molecular weight excluding hydrogens is 642 g/mol. The molecule has 276 valence electrons. The third-order valence-electron chi connectivity index (χ3n) is 9.05. The van der Waals surface area contributed by atoms with Gasteiger partial charge in [-0.1, -0.05) is 61.6 Å². The number of aliphatic hydroxyl groups excluding tert-OH is 5. The minimum atomic E-state index is -2.18.